The fraction of sp³-hybridized carbons (Fsp3) is 0.286. The summed E-state index contributed by atoms with van der Waals surface area (Å²) in [6, 6.07) is 4.56. The molecule has 1 aromatic carbocycles. The lowest BCUT2D eigenvalue weighted by molar-refractivity contribution is 0.198. The molecule has 0 bridgehead atoms. The number of halogens is 1. The normalized spacial score (nSPS) is 11.3. The fourth-order valence-electron chi connectivity index (χ4n) is 2.18. The first-order valence-corrected chi connectivity index (χ1v) is 6.45. The fourth-order valence-corrected chi connectivity index (χ4v) is 2.18. The van der Waals surface area contributed by atoms with Gasteiger partial charge in [0.1, 0.15) is 5.82 Å². The molecule has 0 spiro atoms. The van der Waals surface area contributed by atoms with Crippen LogP contribution < -0.4 is 5.32 Å². The maximum atomic E-state index is 13.3. The van der Waals surface area contributed by atoms with E-state index in [0.717, 1.165) is 24.1 Å². The van der Waals surface area contributed by atoms with Crippen molar-refractivity contribution in [1.82, 2.24) is 14.4 Å². The molecule has 0 aliphatic rings. The summed E-state index contributed by atoms with van der Waals surface area (Å²) in [6.07, 6.45) is 4.42. The van der Waals surface area contributed by atoms with E-state index < -0.39 is 0 Å². The van der Waals surface area contributed by atoms with E-state index in [-0.39, 0.29) is 5.82 Å². The van der Waals surface area contributed by atoms with E-state index in [1.165, 1.54) is 12.1 Å². The van der Waals surface area contributed by atoms with E-state index in [4.69, 9.17) is 4.74 Å². The number of nitrogens with one attached hydrogen (secondary N) is 1. The number of anilines is 1. The molecule has 104 valence electrons. The molecule has 0 fully saturated rings. The van der Waals surface area contributed by atoms with Gasteiger partial charge in [0.05, 0.1) is 11.0 Å². The summed E-state index contributed by atoms with van der Waals surface area (Å²) >= 11 is 0. The van der Waals surface area contributed by atoms with Crippen molar-refractivity contribution in [3.05, 3.63) is 36.4 Å². The van der Waals surface area contributed by atoms with Gasteiger partial charge in [-0.1, -0.05) is 0 Å². The lowest BCUT2D eigenvalue weighted by Gasteiger charge is -2.09. The Bertz CT molecular complexity index is 740. The van der Waals surface area contributed by atoms with E-state index in [9.17, 15) is 4.39 Å². The number of hydrogen-bond donors (Lipinski definition) is 1. The first kappa shape index (κ1) is 12.8. The van der Waals surface area contributed by atoms with Crippen molar-refractivity contribution in [2.75, 3.05) is 25.6 Å². The van der Waals surface area contributed by atoms with Crippen molar-refractivity contribution in [3.8, 4) is 0 Å². The molecule has 0 amide bonds. The first-order chi connectivity index (χ1) is 9.79. The van der Waals surface area contributed by atoms with Crippen LogP contribution in [0.3, 0.4) is 0 Å². The van der Waals surface area contributed by atoms with Crippen molar-refractivity contribution in [1.29, 1.82) is 0 Å². The molecule has 0 unspecified atom stereocenters. The molecular formula is C14H15FN4O. The average Bonchev–Trinajstić information content (AvgIpc) is 2.92. The summed E-state index contributed by atoms with van der Waals surface area (Å²) in [7, 11) is 1.67. The van der Waals surface area contributed by atoms with Crippen molar-refractivity contribution >= 4 is 22.5 Å². The standard InChI is InChI=1S/C14H15FN4O/c1-20-8-2-5-16-13-14-17-6-7-19(14)12-4-3-10(15)9-11(12)18-13/h3-4,6-7,9H,2,5,8H2,1H3,(H,16,18). The highest BCUT2D eigenvalue weighted by Gasteiger charge is 2.09. The smallest absolute Gasteiger partial charge is 0.180 e. The minimum atomic E-state index is -0.296. The summed E-state index contributed by atoms with van der Waals surface area (Å²) in [4.78, 5) is 8.76. The number of fused-ring (bicyclic) bond motifs is 3. The number of methoxy groups -OCH3 is 1. The minimum absolute atomic E-state index is 0.296. The van der Waals surface area contributed by atoms with Crippen molar-refractivity contribution < 1.29 is 9.13 Å². The second-order valence-electron chi connectivity index (χ2n) is 4.49. The van der Waals surface area contributed by atoms with Crippen LogP contribution in [-0.2, 0) is 4.74 Å². The molecule has 0 aliphatic heterocycles. The first-order valence-electron chi connectivity index (χ1n) is 6.45. The Morgan fingerprint density at radius 3 is 3.15 bits per heavy atom. The third-order valence-corrected chi connectivity index (χ3v) is 3.10. The van der Waals surface area contributed by atoms with Crippen molar-refractivity contribution in [2.24, 2.45) is 0 Å². The molecule has 3 rings (SSSR count). The maximum Gasteiger partial charge on any atom is 0.180 e. The lowest BCUT2D eigenvalue weighted by atomic mass is 10.3. The zero-order valence-corrected chi connectivity index (χ0v) is 11.1. The van der Waals surface area contributed by atoms with E-state index in [1.807, 2.05) is 10.6 Å². The number of benzene rings is 1. The number of hydrogen-bond acceptors (Lipinski definition) is 4. The second-order valence-corrected chi connectivity index (χ2v) is 4.49. The van der Waals surface area contributed by atoms with Crippen LogP contribution in [-0.4, -0.2) is 34.6 Å². The highest BCUT2D eigenvalue weighted by Crippen LogP contribution is 2.21. The summed E-state index contributed by atoms with van der Waals surface area (Å²) in [5.74, 6) is 0.360. The van der Waals surface area contributed by atoms with Crippen LogP contribution in [0.15, 0.2) is 30.6 Å². The Labute approximate surface area is 115 Å². The molecule has 2 heterocycles. The monoisotopic (exact) mass is 274 g/mol. The molecule has 6 heteroatoms. The molecule has 5 nitrogen and oxygen atoms in total. The van der Waals surface area contributed by atoms with Gasteiger partial charge in [-0.05, 0) is 18.6 Å². The van der Waals surface area contributed by atoms with Gasteiger partial charge in [0.2, 0.25) is 0 Å². The van der Waals surface area contributed by atoms with Crippen LogP contribution >= 0.6 is 0 Å². The molecule has 0 radical (unpaired) electrons. The Balaban J connectivity index is 2.02. The number of aromatic nitrogens is 3. The van der Waals surface area contributed by atoms with E-state index in [1.54, 1.807) is 19.4 Å². The zero-order chi connectivity index (χ0) is 13.9. The van der Waals surface area contributed by atoms with Crippen LogP contribution in [0.4, 0.5) is 10.2 Å². The quantitative estimate of drug-likeness (QED) is 0.726. The van der Waals surface area contributed by atoms with Gasteiger partial charge >= 0.3 is 0 Å². The molecule has 0 saturated heterocycles. The van der Waals surface area contributed by atoms with Gasteiger partial charge in [0.15, 0.2) is 11.5 Å². The minimum Gasteiger partial charge on any atom is -0.385 e. The average molecular weight is 274 g/mol. The zero-order valence-electron chi connectivity index (χ0n) is 11.1. The third kappa shape index (κ3) is 2.30. The largest absolute Gasteiger partial charge is 0.385 e. The van der Waals surface area contributed by atoms with Crippen LogP contribution in [0.2, 0.25) is 0 Å². The molecule has 0 saturated carbocycles. The number of ether oxygens (including phenoxy) is 1. The summed E-state index contributed by atoms with van der Waals surface area (Å²) in [5, 5.41) is 3.22. The molecule has 2 aromatic heterocycles. The van der Waals surface area contributed by atoms with E-state index >= 15 is 0 Å². The number of nitrogens with zero attached hydrogens (tertiary/aromatic N) is 3. The van der Waals surface area contributed by atoms with Gasteiger partial charge in [-0.25, -0.2) is 14.4 Å². The van der Waals surface area contributed by atoms with Gasteiger partial charge in [-0.15, -0.1) is 0 Å². The summed E-state index contributed by atoms with van der Waals surface area (Å²) in [5.41, 5.74) is 2.17. The number of rotatable bonds is 5. The van der Waals surface area contributed by atoms with E-state index in [0.29, 0.717) is 17.9 Å². The van der Waals surface area contributed by atoms with Gasteiger partial charge in [0, 0.05) is 38.7 Å². The molecule has 3 aromatic rings. The van der Waals surface area contributed by atoms with Crippen LogP contribution in [0.1, 0.15) is 6.42 Å². The predicted octanol–water partition coefficient (Wildman–Crippen LogP) is 2.47. The Hall–Kier alpha value is -2.21. The molecular weight excluding hydrogens is 259 g/mol. The SMILES string of the molecule is COCCCNc1nc2cc(F)ccc2n2ccnc12. The molecule has 1 N–H and O–H groups in total. The molecule has 0 aliphatic carbocycles. The van der Waals surface area contributed by atoms with Crippen molar-refractivity contribution in [2.45, 2.75) is 6.42 Å². The van der Waals surface area contributed by atoms with Crippen LogP contribution in [0, 0.1) is 5.82 Å². The topological polar surface area (TPSA) is 51.5 Å². The molecule has 0 atom stereocenters. The highest BCUT2D eigenvalue weighted by atomic mass is 19.1. The van der Waals surface area contributed by atoms with Gasteiger partial charge in [-0.2, -0.15) is 0 Å². The Morgan fingerprint density at radius 1 is 1.40 bits per heavy atom. The maximum absolute atomic E-state index is 13.3. The summed E-state index contributed by atoms with van der Waals surface area (Å²) in [6.45, 7) is 1.41. The molecule has 20 heavy (non-hydrogen) atoms. The summed E-state index contributed by atoms with van der Waals surface area (Å²) < 4.78 is 20.3. The van der Waals surface area contributed by atoms with E-state index in [2.05, 4.69) is 15.3 Å². The third-order valence-electron chi connectivity index (χ3n) is 3.10. The van der Waals surface area contributed by atoms with Gasteiger partial charge in [0.25, 0.3) is 0 Å². The Morgan fingerprint density at radius 2 is 2.30 bits per heavy atom. The second kappa shape index (κ2) is 5.42. The Kier molecular flexibility index (Phi) is 3.47. The van der Waals surface area contributed by atoms with Crippen molar-refractivity contribution in [3.63, 3.8) is 0 Å². The van der Waals surface area contributed by atoms with Gasteiger partial charge < -0.3 is 10.1 Å². The lowest BCUT2D eigenvalue weighted by Crippen LogP contribution is -2.08. The highest BCUT2D eigenvalue weighted by molar-refractivity contribution is 5.82. The predicted molar refractivity (Wildman–Crippen MR) is 75.4 cm³/mol. The number of imidazole rings is 1. The van der Waals surface area contributed by atoms with Crippen LogP contribution in [0.5, 0.6) is 0 Å². The van der Waals surface area contributed by atoms with Crippen LogP contribution in [0.25, 0.3) is 16.7 Å². The van der Waals surface area contributed by atoms with Gasteiger partial charge in [-0.3, -0.25) is 4.40 Å².